The van der Waals surface area contributed by atoms with Gasteiger partial charge in [-0.1, -0.05) is 82.7 Å². The molecule has 0 aliphatic rings. The van der Waals surface area contributed by atoms with Gasteiger partial charge in [-0.15, -0.1) is 0 Å². The number of hydrogen-bond donors (Lipinski definition) is 1. The number of rotatable bonds is 6. The van der Waals surface area contributed by atoms with E-state index in [1.54, 1.807) is 6.21 Å². The smallest absolute Gasteiger partial charge is 0.247 e. The van der Waals surface area contributed by atoms with Gasteiger partial charge in [0, 0.05) is 4.47 Å². The van der Waals surface area contributed by atoms with Crippen LogP contribution >= 0.6 is 15.9 Å². The Labute approximate surface area is 168 Å². The molecule has 0 spiro atoms. The molecule has 3 nitrogen and oxygen atoms in total. The van der Waals surface area contributed by atoms with Gasteiger partial charge in [0.2, 0.25) is 5.91 Å². The number of carbonyl (C=O) groups is 1. The summed E-state index contributed by atoms with van der Waals surface area (Å²) >= 11 is 3.40. The van der Waals surface area contributed by atoms with Crippen LogP contribution in [0.4, 0.5) is 0 Å². The standard InChI is InChI=1S/C23H21BrN2O/c1-17-7-5-6-10-20(17)15-22(19-8-3-2-4-9-19)23(27)26-25-16-18-11-13-21(24)14-12-18/h2-14,16,22H,15H2,1H3,(H,26,27)/b25-16-/t22-/m1/s1. The number of halogens is 1. The Balaban J connectivity index is 1.76. The average molecular weight is 421 g/mol. The minimum absolute atomic E-state index is 0.113. The number of nitrogens with one attached hydrogen (secondary N) is 1. The largest absolute Gasteiger partial charge is 0.272 e. The Morgan fingerprint density at radius 3 is 2.37 bits per heavy atom. The lowest BCUT2D eigenvalue weighted by Crippen LogP contribution is -2.27. The van der Waals surface area contributed by atoms with E-state index in [0.29, 0.717) is 6.42 Å². The first-order chi connectivity index (χ1) is 13.1. The van der Waals surface area contributed by atoms with Crippen LogP contribution in [0.2, 0.25) is 0 Å². The number of amides is 1. The first-order valence-electron chi connectivity index (χ1n) is 8.81. The van der Waals surface area contributed by atoms with Crippen molar-refractivity contribution in [2.75, 3.05) is 0 Å². The molecule has 136 valence electrons. The van der Waals surface area contributed by atoms with Crippen molar-refractivity contribution < 1.29 is 4.79 Å². The summed E-state index contributed by atoms with van der Waals surface area (Å²) in [5.74, 6) is -0.410. The van der Waals surface area contributed by atoms with E-state index in [0.717, 1.165) is 15.6 Å². The molecule has 0 aliphatic heterocycles. The number of hydrogen-bond acceptors (Lipinski definition) is 2. The molecule has 0 aliphatic carbocycles. The number of benzene rings is 3. The summed E-state index contributed by atoms with van der Waals surface area (Å²) in [7, 11) is 0. The molecule has 0 fully saturated rings. The van der Waals surface area contributed by atoms with Crippen LogP contribution in [0.25, 0.3) is 0 Å². The zero-order valence-electron chi connectivity index (χ0n) is 15.1. The Morgan fingerprint density at radius 2 is 1.67 bits per heavy atom. The normalized spacial score (nSPS) is 12.1. The van der Waals surface area contributed by atoms with Gasteiger partial charge in [0.15, 0.2) is 0 Å². The van der Waals surface area contributed by atoms with E-state index in [1.807, 2.05) is 66.7 Å². The molecule has 3 aromatic carbocycles. The lowest BCUT2D eigenvalue weighted by Gasteiger charge is -2.17. The topological polar surface area (TPSA) is 41.5 Å². The highest BCUT2D eigenvalue weighted by atomic mass is 79.9. The van der Waals surface area contributed by atoms with Crippen LogP contribution in [-0.4, -0.2) is 12.1 Å². The molecule has 3 aromatic rings. The van der Waals surface area contributed by atoms with Gasteiger partial charge in [-0.2, -0.15) is 5.10 Å². The van der Waals surface area contributed by atoms with Crippen molar-refractivity contribution in [2.24, 2.45) is 5.10 Å². The van der Waals surface area contributed by atoms with Gasteiger partial charge < -0.3 is 0 Å². The molecule has 1 atom stereocenters. The number of nitrogens with zero attached hydrogens (tertiary/aromatic N) is 1. The number of carbonyl (C=O) groups excluding carboxylic acids is 1. The van der Waals surface area contributed by atoms with Crippen LogP contribution in [-0.2, 0) is 11.2 Å². The van der Waals surface area contributed by atoms with Gasteiger partial charge in [-0.3, -0.25) is 4.79 Å². The maximum atomic E-state index is 12.9. The highest BCUT2D eigenvalue weighted by Gasteiger charge is 2.21. The van der Waals surface area contributed by atoms with E-state index >= 15 is 0 Å². The van der Waals surface area contributed by atoms with Gasteiger partial charge in [-0.25, -0.2) is 5.43 Å². The Hall–Kier alpha value is -2.72. The SMILES string of the molecule is Cc1ccccc1C[C@@H](C(=O)N/N=C\c1ccc(Br)cc1)c1ccccc1. The molecule has 0 saturated heterocycles. The molecule has 1 N–H and O–H groups in total. The molecule has 0 bridgehead atoms. The third-order valence-electron chi connectivity index (χ3n) is 4.46. The van der Waals surface area contributed by atoms with Crippen molar-refractivity contribution in [3.63, 3.8) is 0 Å². The van der Waals surface area contributed by atoms with Crippen molar-refractivity contribution in [3.05, 3.63) is 106 Å². The minimum atomic E-state index is -0.297. The molecule has 0 aromatic heterocycles. The molecule has 0 radical (unpaired) electrons. The van der Waals surface area contributed by atoms with Crippen LogP contribution in [0.1, 0.15) is 28.2 Å². The van der Waals surface area contributed by atoms with E-state index in [2.05, 4.69) is 45.5 Å². The average Bonchev–Trinajstić information content (AvgIpc) is 2.69. The van der Waals surface area contributed by atoms with Crippen LogP contribution in [0.3, 0.4) is 0 Å². The molecule has 1 amide bonds. The fourth-order valence-electron chi connectivity index (χ4n) is 2.90. The zero-order valence-corrected chi connectivity index (χ0v) is 16.7. The maximum absolute atomic E-state index is 12.9. The monoisotopic (exact) mass is 420 g/mol. The highest BCUT2D eigenvalue weighted by molar-refractivity contribution is 9.10. The van der Waals surface area contributed by atoms with E-state index in [4.69, 9.17) is 0 Å². The van der Waals surface area contributed by atoms with Gasteiger partial charge in [0.25, 0.3) is 0 Å². The summed E-state index contributed by atoms with van der Waals surface area (Å²) in [5.41, 5.74) is 6.96. The summed E-state index contributed by atoms with van der Waals surface area (Å²) < 4.78 is 1.01. The van der Waals surface area contributed by atoms with E-state index in [-0.39, 0.29) is 11.8 Å². The third kappa shape index (κ3) is 5.38. The summed E-state index contributed by atoms with van der Waals surface area (Å²) in [5, 5.41) is 4.14. The van der Waals surface area contributed by atoms with Crippen molar-refractivity contribution in [1.82, 2.24) is 5.43 Å². The fourth-order valence-corrected chi connectivity index (χ4v) is 3.17. The molecular weight excluding hydrogens is 400 g/mol. The van der Waals surface area contributed by atoms with Crippen LogP contribution < -0.4 is 5.43 Å². The van der Waals surface area contributed by atoms with Crippen molar-refractivity contribution >= 4 is 28.1 Å². The number of aryl methyl sites for hydroxylation is 1. The molecule has 0 saturated carbocycles. The van der Waals surface area contributed by atoms with E-state index in [1.165, 1.54) is 11.1 Å². The quantitative estimate of drug-likeness (QED) is 0.430. The Bertz CT molecular complexity index is 921. The van der Waals surface area contributed by atoms with E-state index in [9.17, 15) is 4.79 Å². The van der Waals surface area contributed by atoms with Gasteiger partial charge in [0.05, 0.1) is 12.1 Å². The van der Waals surface area contributed by atoms with Crippen LogP contribution in [0, 0.1) is 6.92 Å². The van der Waals surface area contributed by atoms with Gasteiger partial charge in [-0.05, 0) is 47.7 Å². The first-order valence-corrected chi connectivity index (χ1v) is 9.61. The molecule has 27 heavy (non-hydrogen) atoms. The minimum Gasteiger partial charge on any atom is -0.272 e. The summed E-state index contributed by atoms with van der Waals surface area (Å²) in [6.07, 6.45) is 2.29. The van der Waals surface area contributed by atoms with Crippen LogP contribution in [0.15, 0.2) is 88.4 Å². The lowest BCUT2D eigenvalue weighted by atomic mass is 9.90. The predicted octanol–water partition coefficient (Wildman–Crippen LogP) is 5.23. The van der Waals surface area contributed by atoms with E-state index < -0.39 is 0 Å². The highest BCUT2D eigenvalue weighted by Crippen LogP contribution is 2.23. The van der Waals surface area contributed by atoms with Gasteiger partial charge >= 0.3 is 0 Å². The third-order valence-corrected chi connectivity index (χ3v) is 4.99. The fraction of sp³-hybridized carbons (Fsp3) is 0.130. The molecule has 3 rings (SSSR count). The molecule has 0 heterocycles. The summed E-state index contributed by atoms with van der Waals surface area (Å²) in [6.45, 7) is 2.07. The molecule has 4 heteroatoms. The van der Waals surface area contributed by atoms with Crippen molar-refractivity contribution in [2.45, 2.75) is 19.3 Å². The van der Waals surface area contributed by atoms with Gasteiger partial charge in [0.1, 0.15) is 0 Å². The second-order valence-corrected chi connectivity index (χ2v) is 7.30. The number of hydrazone groups is 1. The van der Waals surface area contributed by atoms with Crippen LogP contribution in [0.5, 0.6) is 0 Å². The predicted molar refractivity (Wildman–Crippen MR) is 114 cm³/mol. The lowest BCUT2D eigenvalue weighted by molar-refractivity contribution is -0.122. The maximum Gasteiger partial charge on any atom is 0.247 e. The second kappa shape index (κ2) is 9.28. The second-order valence-electron chi connectivity index (χ2n) is 6.38. The first kappa shape index (κ1) is 19.1. The Morgan fingerprint density at radius 1 is 1.00 bits per heavy atom. The van der Waals surface area contributed by atoms with Crippen molar-refractivity contribution in [1.29, 1.82) is 0 Å². The zero-order chi connectivity index (χ0) is 19.1. The summed E-state index contributed by atoms with van der Waals surface area (Å²) in [6, 6.07) is 25.8. The van der Waals surface area contributed by atoms with Crippen molar-refractivity contribution in [3.8, 4) is 0 Å². The molecule has 0 unspecified atom stereocenters. The Kier molecular flexibility index (Phi) is 6.55. The summed E-state index contributed by atoms with van der Waals surface area (Å²) in [4.78, 5) is 12.9. The molecular formula is C23H21BrN2O.